The Bertz CT molecular complexity index is 387. The van der Waals surface area contributed by atoms with Gasteiger partial charge in [-0.15, -0.1) is 0 Å². The Balaban J connectivity index is 1.99. The zero-order valence-corrected chi connectivity index (χ0v) is 9.71. The van der Waals surface area contributed by atoms with E-state index in [2.05, 4.69) is 4.90 Å². The number of hydrogen-bond donors (Lipinski definition) is 1. The van der Waals surface area contributed by atoms with Crippen LogP contribution in [0.5, 0.6) is 0 Å². The maximum atomic E-state index is 10.5. The Morgan fingerprint density at radius 2 is 2.00 bits per heavy atom. The summed E-state index contributed by atoms with van der Waals surface area (Å²) in [6.07, 6.45) is 2.49. The average Bonchev–Trinajstić information content (AvgIpc) is 3.13. The topological polar surface area (TPSA) is 72.4 Å². The lowest BCUT2D eigenvalue weighted by Crippen LogP contribution is -2.30. The minimum absolute atomic E-state index is 0.144. The molecule has 17 heavy (non-hydrogen) atoms. The first-order valence-corrected chi connectivity index (χ1v) is 5.88. The molecule has 0 radical (unpaired) electrons. The van der Waals surface area contributed by atoms with Gasteiger partial charge in [0.05, 0.1) is 4.92 Å². The quantitative estimate of drug-likeness (QED) is 0.599. The van der Waals surface area contributed by atoms with Gasteiger partial charge < -0.3 is 5.73 Å². The first kappa shape index (κ1) is 12.0. The summed E-state index contributed by atoms with van der Waals surface area (Å²) in [7, 11) is 0. The second-order valence-corrected chi connectivity index (χ2v) is 4.41. The summed E-state index contributed by atoms with van der Waals surface area (Å²) in [5.74, 6) is 0. The van der Waals surface area contributed by atoms with Crippen molar-refractivity contribution in [1.82, 2.24) is 4.90 Å². The third-order valence-corrected chi connectivity index (χ3v) is 3.01. The molecule has 92 valence electrons. The molecular formula is C12H17N3O2. The molecule has 5 heteroatoms. The lowest BCUT2D eigenvalue weighted by Gasteiger charge is -2.20. The van der Waals surface area contributed by atoms with Crippen LogP contribution in [0.3, 0.4) is 0 Å². The second-order valence-electron chi connectivity index (χ2n) is 4.41. The van der Waals surface area contributed by atoms with Crippen molar-refractivity contribution in [3.8, 4) is 0 Å². The molecule has 0 amide bonds. The monoisotopic (exact) mass is 235 g/mol. The lowest BCUT2D eigenvalue weighted by molar-refractivity contribution is -0.384. The Hall–Kier alpha value is -1.46. The normalized spacial score (nSPS) is 15.2. The number of non-ortho nitro benzene ring substituents is 1. The molecule has 1 saturated carbocycles. The third-order valence-electron chi connectivity index (χ3n) is 3.01. The van der Waals surface area contributed by atoms with Gasteiger partial charge in [0.2, 0.25) is 0 Å². The number of hydrogen-bond acceptors (Lipinski definition) is 4. The van der Waals surface area contributed by atoms with Gasteiger partial charge in [-0.2, -0.15) is 0 Å². The van der Waals surface area contributed by atoms with Crippen molar-refractivity contribution in [1.29, 1.82) is 0 Å². The van der Waals surface area contributed by atoms with Crippen LogP contribution in [0.15, 0.2) is 24.3 Å². The summed E-state index contributed by atoms with van der Waals surface area (Å²) < 4.78 is 0. The van der Waals surface area contributed by atoms with E-state index < -0.39 is 0 Å². The Morgan fingerprint density at radius 3 is 2.47 bits per heavy atom. The smallest absolute Gasteiger partial charge is 0.269 e. The predicted octanol–water partition coefficient (Wildman–Crippen LogP) is 1.52. The summed E-state index contributed by atoms with van der Waals surface area (Å²) >= 11 is 0. The predicted molar refractivity (Wildman–Crippen MR) is 65.6 cm³/mol. The fourth-order valence-electron chi connectivity index (χ4n) is 1.95. The van der Waals surface area contributed by atoms with Gasteiger partial charge in [-0.25, -0.2) is 0 Å². The SMILES string of the molecule is NCCN(Cc1ccc([N+](=O)[O-])cc1)C1CC1. The number of nitrogens with zero attached hydrogens (tertiary/aromatic N) is 2. The molecule has 2 rings (SSSR count). The highest BCUT2D eigenvalue weighted by Gasteiger charge is 2.28. The van der Waals surface area contributed by atoms with Crippen molar-refractivity contribution < 1.29 is 4.92 Å². The zero-order chi connectivity index (χ0) is 12.3. The van der Waals surface area contributed by atoms with E-state index >= 15 is 0 Å². The largest absolute Gasteiger partial charge is 0.329 e. The molecule has 1 fully saturated rings. The highest BCUT2D eigenvalue weighted by Crippen LogP contribution is 2.28. The van der Waals surface area contributed by atoms with Crippen LogP contribution in [0.25, 0.3) is 0 Å². The molecule has 0 unspecified atom stereocenters. The number of nitrogens with two attached hydrogens (primary N) is 1. The van der Waals surface area contributed by atoms with Gasteiger partial charge in [0.25, 0.3) is 5.69 Å². The molecule has 0 bridgehead atoms. The van der Waals surface area contributed by atoms with Crippen LogP contribution in [0, 0.1) is 10.1 Å². The fourth-order valence-corrected chi connectivity index (χ4v) is 1.95. The van der Waals surface area contributed by atoms with Crippen LogP contribution in [-0.4, -0.2) is 29.0 Å². The van der Waals surface area contributed by atoms with Crippen molar-refractivity contribution in [2.24, 2.45) is 5.73 Å². The van der Waals surface area contributed by atoms with Crippen LogP contribution in [-0.2, 0) is 6.54 Å². The standard InChI is InChI=1S/C12H17N3O2/c13-7-8-14(11-5-6-11)9-10-1-3-12(4-2-10)15(16)17/h1-4,11H,5-9,13H2. The maximum Gasteiger partial charge on any atom is 0.269 e. The molecule has 0 aromatic heterocycles. The highest BCUT2D eigenvalue weighted by molar-refractivity contribution is 5.32. The van der Waals surface area contributed by atoms with E-state index in [0.29, 0.717) is 12.6 Å². The van der Waals surface area contributed by atoms with E-state index in [1.807, 2.05) is 12.1 Å². The molecule has 5 nitrogen and oxygen atoms in total. The molecule has 2 N–H and O–H groups in total. The highest BCUT2D eigenvalue weighted by atomic mass is 16.6. The van der Waals surface area contributed by atoms with Crippen molar-refractivity contribution in [3.05, 3.63) is 39.9 Å². The molecule has 1 aromatic carbocycles. The maximum absolute atomic E-state index is 10.5. The van der Waals surface area contributed by atoms with Crippen molar-refractivity contribution in [2.75, 3.05) is 13.1 Å². The van der Waals surface area contributed by atoms with Crippen LogP contribution < -0.4 is 5.73 Å². The summed E-state index contributed by atoms with van der Waals surface area (Å²) in [4.78, 5) is 12.5. The molecule has 0 atom stereocenters. The van der Waals surface area contributed by atoms with Crippen molar-refractivity contribution in [3.63, 3.8) is 0 Å². The number of rotatable bonds is 6. The summed E-state index contributed by atoms with van der Waals surface area (Å²) in [6.45, 7) is 2.38. The molecule has 0 heterocycles. The third kappa shape index (κ3) is 3.25. The van der Waals surface area contributed by atoms with Gasteiger partial charge in [-0.1, -0.05) is 12.1 Å². The Kier molecular flexibility index (Phi) is 3.71. The van der Waals surface area contributed by atoms with E-state index in [0.717, 1.165) is 18.7 Å². The second kappa shape index (κ2) is 5.25. The first-order chi connectivity index (χ1) is 8.20. The van der Waals surface area contributed by atoms with E-state index in [9.17, 15) is 10.1 Å². The Labute approximate surface area is 100 Å². The van der Waals surface area contributed by atoms with Gasteiger partial charge in [0.1, 0.15) is 0 Å². The zero-order valence-electron chi connectivity index (χ0n) is 9.71. The van der Waals surface area contributed by atoms with Crippen LogP contribution in [0.2, 0.25) is 0 Å². The van der Waals surface area contributed by atoms with Gasteiger partial charge in [0, 0.05) is 37.8 Å². The molecule has 0 saturated heterocycles. The van der Waals surface area contributed by atoms with Gasteiger partial charge >= 0.3 is 0 Å². The number of benzene rings is 1. The first-order valence-electron chi connectivity index (χ1n) is 5.88. The minimum atomic E-state index is -0.373. The van der Waals surface area contributed by atoms with Crippen LogP contribution in [0.4, 0.5) is 5.69 Å². The summed E-state index contributed by atoms with van der Waals surface area (Å²) in [6, 6.07) is 7.42. The average molecular weight is 235 g/mol. The van der Waals surface area contributed by atoms with E-state index in [1.54, 1.807) is 12.1 Å². The Morgan fingerprint density at radius 1 is 1.35 bits per heavy atom. The summed E-state index contributed by atoms with van der Waals surface area (Å²) in [5, 5.41) is 10.5. The summed E-state index contributed by atoms with van der Waals surface area (Å²) in [5.41, 5.74) is 6.83. The van der Waals surface area contributed by atoms with Crippen molar-refractivity contribution in [2.45, 2.75) is 25.4 Å². The van der Waals surface area contributed by atoms with Gasteiger partial charge in [-0.3, -0.25) is 15.0 Å². The van der Waals surface area contributed by atoms with Crippen LogP contribution >= 0.6 is 0 Å². The van der Waals surface area contributed by atoms with E-state index in [1.165, 1.54) is 12.8 Å². The van der Waals surface area contributed by atoms with E-state index in [-0.39, 0.29) is 10.6 Å². The van der Waals surface area contributed by atoms with Gasteiger partial charge in [0.15, 0.2) is 0 Å². The van der Waals surface area contributed by atoms with Crippen molar-refractivity contribution >= 4 is 5.69 Å². The molecule has 1 aromatic rings. The lowest BCUT2D eigenvalue weighted by atomic mass is 10.2. The molecule has 1 aliphatic rings. The fraction of sp³-hybridized carbons (Fsp3) is 0.500. The molecule has 0 spiro atoms. The molecule has 1 aliphatic carbocycles. The molecule has 0 aliphatic heterocycles. The number of nitro groups is 1. The molecular weight excluding hydrogens is 218 g/mol. The van der Waals surface area contributed by atoms with Gasteiger partial charge in [-0.05, 0) is 18.4 Å². The minimum Gasteiger partial charge on any atom is -0.329 e. The number of nitro benzene ring substituents is 1. The van der Waals surface area contributed by atoms with E-state index in [4.69, 9.17) is 5.73 Å². The van der Waals surface area contributed by atoms with Crippen LogP contribution in [0.1, 0.15) is 18.4 Å².